The number of carbonyl (C=O) groups excluding carboxylic acids is 1. The van der Waals surface area contributed by atoms with Crippen LogP contribution in [0.5, 0.6) is 11.5 Å². The number of methoxy groups -OCH3 is 1. The quantitative estimate of drug-likeness (QED) is 0.776. The van der Waals surface area contributed by atoms with E-state index in [-0.39, 0.29) is 11.7 Å². The molecule has 0 spiro atoms. The van der Waals surface area contributed by atoms with E-state index in [4.69, 9.17) is 9.47 Å². The van der Waals surface area contributed by atoms with Crippen LogP contribution in [0.4, 0.5) is 0 Å². The van der Waals surface area contributed by atoms with Gasteiger partial charge in [-0.25, -0.2) is 0 Å². The molecule has 0 aliphatic heterocycles. The van der Waals surface area contributed by atoms with Gasteiger partial charge in [0.1, 0.15) is 0 Å². The molecule has 4 heteroatoms. The molecule has 88 valence electrons. The fourth-order valence-electron chi connectivity index (χ4n) is 1.26. The highest BCUT2D eigenvalue weighted by atomic mass is 16.5. The van der Waals surface area contributed by atoms with Crippen molar-refractivity contribution in [1.29, 1.82) is 0 Å². The Morgan fingerprint density at radius 3 is 2.81 bits per heavy atom. The van der Waals surface area contributed by atoms with Gasteiger partial charge in [0.15, 0.2) is 11.5 Å². The van der Waals surface area contributed by atoms with Crippen LogP contribution < -0.4 is 4.74 Å². The summed E-state index contributed by atoms with van der Waals surface area (Å²) >= 11 is 0. The van der Waals surface area contributed by atoms with Crippen molar-refractivity contribution in [3.63, 3.8) is 0 Å². The molecule has 4 nitrogen and oxygen atoms in total. The van der Waals surface area contributed by atoms with Gasteiger partial charge in [0.2, 0.25) is 0 Å². The van der Waals surface area contributed by atoms with Crippen molar-refractivity contribution in [3.8, 4) is 11.5 Å². The molecular formula is C12H16O4. The lowest BCUT2D eigenvalue weighted by molar-refractivity contribution is -0.143. The van der Waals surface area contributed by atoms with Crippen LogP contribution >= 0.6 is 0 Å². The number of benzene rings is 1. The Kier molecular flexibility index (Phi) is 4.64. The molecule has 1 aromatic rings. The highest BCUT2D eigenvalue weighted by Crippen LogP contribution is 2.26. The smallest absolute Gasteiger partial charge is 0.305 e. The molecule has 0 radical (unpaired) electrons. The molecule has 0 atom stereocenters. The standard InChI is InChI=1S/C12H16O4/c1-3-12(14)16-7-6-9-4-5-10(13)11(8-9)15-2/h4-5,8,13H,3,6-7H2,1-2H3. The Morgan fingerprint density at radius 1 is 1.44 bits per heavy atom. The number of esters is 1. The van der Waals surface area contributed by atoms with Gasteiger partial charge in [-0.1, -0.05) is 13.0 Å². The van der Waals surface area contributed by atoms with Gasteiger partial charge in [0, 0.05) is 12.8 Å². The van der Waals surface area contributed by atoms with E-state index in [0.29, 0.717) is 25.2 Å². The molecule has 0 saturated carbocycles. The van der Waals surface area contributed by atoms with Gasteiger partial charge in [0.25, 0.3) is 0 Å². The largest absolute Gasteiger partial charge is 0.504 e. The first kappa shape index (κ1) is 12.4. The van der Waals surface area contributed by atoms with Crippen molar-refractivity contribution in [2.45, 2.75) is 19.8 Å². The summed E-state index contributed by atoms with van der Waals surface area (Å²) in [6.45, 7) is 2.10. The minimum absolute atomic E-state index is 0.108. The maximum absolute atomic E-state index is 10.9. The van der Waals surface area contributed by atoms with Crippen LogP contribution in [0.3, 0.4) is 0 Å². The number of hydrogen-bond donors (Lipinski definition) is 1. The van der Waals surface area contributed by atoms with Gasteiger partial charge in [-0.3, -0.25) is 4.79 Å². The molecule has 1 aromatic carbocycles. The summed E-state index contributed by atoms with van der Waals surface area (Å²) in [6.07, 6.45) is 1.00. The topological polar surface area (TPSA) is 55.8 Å². The predicted molar refractivity (Wildman–Crippen MR) is 59.6 cm³/mol. The minimum Gasteiger partial charge on any atom is -0.504 e. The molecule has 0 amide bonds. The van der Waals surface area contributed by atoms with E-state index in [2.05, 4.69) is 0 Å². The Labute approximate surface area is 94.8 Å². The highest BCUT2D eigenvalue weighted by molar-refractivity contribution is 5.68. The second kappa shape index (κ2) is 6.00. The molecule has 0 fully saturated rings. The first-order valence-electron chi connectivity index (χ1n) is 5.19. The zero-order valence-electron chi connectivity index (χ0n) is 9.53. The normalized spacial score (nSPS) is 9.88. The molecule has 0 saturated heterocycles. The molecule has 0 heterocycles. The average Bonchev–Trinajstić information content (AvgIpc) is 2.31. The monoisotopic (exact) mass is 224 g/mol. The van der Waals surface area contributed by atoms with Gasteiger partial charge in [-0.15, -0.1) is 0 Å². The van der Waals surface area contributed by atoms with E-state index >= 15 is 0 Å². The summed E-state index contributed by atoms with van der Waals surface area (Å²) in [5, 5.41) is 9.38. The average molecular weight is 224 g/mol. The lowest BCUT2D eigenvalue weighted by Crippen LogP contribution is -2.06. The van der Waals surface area contributed by atoms with Crippen LogP contribution in [0.25, 0.3) is 0 Å². The third kappa shape index (κ3) is 3.46. The van der Waals surface area contributed by atoms with Crippen LogP contribution in [0, 0.1) is 0 Å². The molecule has 0 unspecified atom stereocenters. The maximum Gasteiger partial charge on any atom is 0.305 e. The van der Waals surface area contributed by atoms with E-state index in [9.17, 15) is 9.90 Å². The number of ether oxygens (including phenoxy) is 2. The Balaban J connectivity index is 2.51. The molecule has 16 heavy (non-hydrogen) atoms. The van der Waals surface area contributed by atoms with Crippen molar-refractivity contribution in [3.05, 3.63) is 23.8 Å². The van der Waals surface area contributed by atoms with Gasteiger partial charge >= 0.3 is 5.97 Å². The summed E-state index contributed by atoms with van der Waals surface area (Å²) in [4.78, 5) is 10.9. The van der Waals surface area contributed by atoms with Gasteiger partial charge < -0.3 is 14.6 Å². The van der Waals surface area contributed by atoms with Crippen LogP contribution in [-0.2, 0) is 16.0 Å². The Bertz CT molecular complexity index is 360. The fraction of sp³-hybridized carbons (Fsp3) is 0.417. The van der Waals surface area contributed by atoms with E-state index in [1.165, 1.54) is 7.11 Å². The van der Waals surface area contributed by atoms with E-state index in [0.717, 1.165) is 5.56 Å². The summed E-state index contributed by atoms with van der Waals surface area (Å²) in [5.41, 5.74) is 0.957. The number of phenolic OH excluding ortho intramolecular Hbond substituents is 1. The highest BCUT2D eigenvalue weighted by Gasteiger charge is 2.03. The summed E-state index contributed by atoms with van der Waals surface area (Å²) in [5.74, 6) is 0.335. The first-order valence-corrected chi connectivity index (χ1v) is 5.19. The molecule has 1 rings (SSSR count). The Morgan fingerprint density at radius 2 is 2.19 bits per heavy atom. The number of carbonyl (C=O) groups is 1. The van der Waals surface area contributed by atoms with Crippen molar-refractivity contribution in [2.75, 3.05) is 13.7 Å². The van der Waals surface area contributed by atoms with Crippen molar-refractivity contribution >= 4 is 5.97 Å². The number of aromatic hydroxyl groups is 1. The summed E-state index contributed by atoms with van der Waals surface area (Å²) < 4.78 is 9.93. The fourth-order valence-corrected chi connectivity index (χ4v) is 1.26. The third-order valence-electron chi connectivity index (χ3n) is 2.19. The van der Waals surface area contributed by atoms with Gasteiger partial charge in [-0.05, 0) is 17.7 Å². The molecule has 0 bridgehead atoms. The minimum atomic E-state index is -0.203. The molecule has 0 aliphatic rings. The lowest BCUT2D eigenvalue weighted by atomic mass is 10.1. The number of rotatable bonds is 5. The van der Waals surface area contributed by atoms with Crippen LogP contribution in [0.15, 0.2) is 18.2 Å². The Hall–Kier alpha value is -1.71. The predicted octanol–water partition coefficient (Wildman–Crippen LogP) is 1.90. The van der Waals surface area contributed by atoms with Crippen molar-refractivity contribution in [2.24, 2.45) is 0 Å². The van der Waals surface area contributed by atoms with Crippen molar-refractivity contribution < 1.29 is 19.4 Å². The number of phenols is 1. The van der Waals surface area contributed by atoms with E-state index in [1.807, 2.05) is 0 Å². The van der Waals surface area contributed by atoms with Gasteiger partial charge in [-0.2, -0.15) is 0 Å². The van der Waals surface area contributed by atoms with E-state index < -0.39 is 0 Å². The molecule has 0 aromatic heterocycles. The molecule has 0 aliphatic carbocycles. The number of hydrogen-bond acceptors (Lipinski definition) is 4. The van der Waals surface area contributed by atoms with E-state index in [1.54, 1.807) is 25.1 Å². The lowest BCUT2D eigenvalue weighted by Gasteiger charge is -2.07. The first-order chi connectivity index (χ1) is 7.67. The summed E-state index contributed by atoms with van der Waals surface area (Å²) in [6, 6.07) is 5.07. The van der Waals surface area contributed by atoms with Crippen molar-refractivity contribution in [1.82, 2.24) is 0 Å². The zero-order valence-corrected chi connectivity index (χ0v) is 9.53. The second-order valence-electron chi connectivity index (χ2n) is 3.33. The molecule has 1 N–H and O–H groups in total. The zero-order chi connectivity index (χ0) is 12.0. The third-order valence-corrected chi connectivity index (χ3v) is 2.19. The van der Waals surface area contributed by atoms with Crippen LogP contribution in [-0.4, -0.2) is 24.8 Å². The molecular weight excluding hydrogens is 208 g/mol. The van der Waals surface area contributed by atoms with Crippen LogP contribution in [0.1, 0.15) is 18.9 Å². The second-order valence-corrected chi connectivity index (χ2v) is 3.33. The van der Waals surface area contributed by atoms with Gasteiger partial charge in [0.05, 0.1) is 13.7 Å². The SMILES string of the molecule is CCC(=O)OCCc1ccc(O)c(OC)c1. The van der Waals surface area contributed by atoms with Crippen LogP contribution in [0.2, 0.25) is 0 Å². The maximum atomic E-state index is 10.9. The summed E-state index contributed by atoms with van der Waals surface area (Å²) in [7, 11) is 1.50.